The topological polar surface area (TPSA) is 23.5 Å². The largest absolute Gasteiger partial charge is 0.396 e. The van der Waals surface area contributed by atoms with E-state index in [1.165, 1.54) is 0 Å². The lowest BCUT2D eigenvalue weighted by Gasteiger charge is -2.50. The summed E-state index contributed by atoms with van der Waals surface area (Å²) in [5.41, 5.74) is 0.504. The number of aliphatic hydroxyl groups excluding tert-OH is 1. The number of hydrogen-bond acceptors (Lipinski definition) is 2. The van der Waals surface area contributed by atoms with Crippen molar-refractivity contribution in [3.05, 3.63) is 0 Å². The smallest absolute Gasteiger partial charge is 0.0482 e. The predicted octanol–water partition coefficient (Wildman–Crippen LogP) is 4.32. The van der Waals surface area contributed by atoms with Gasteiger partial charge in [0.05, 0.1) is 0 Å². The molecule has 0 aromatic rings. The standard InChI is InChI=1S/C17H37NO/c1-14(2,3)11-16(6,7)18(10)17(8,9)12-15(4,5)13-19/h19H,11-13H2,1-10H3. The number of nitrogens with zero attached hydrogens (tertiary/aromatic N) is 1. The second-order valence-corrected chi connectivity index (χ2v) is 9.42. The Morgan fingerprint density at radius 1 is 0.737 bits per heavy atom. The Morgan fingerprint density at radius 2 is 1.11 bits per heavy atom. The molecule has 0 heterocycles. The fourth-order valence-electron chi connectivity index (χ4n) is 3.58. The summed E-state index contributed by atoms with van der Waals surface area (Å²) in [4.78, 5) is 2.49. The second kappa shape index (κ2) is 5.73. The Hall–Kier alpha value is -0.0800. The van der Waals surface area contributed by atoms with Gasteiger partial charge in [0, 0.05) is 17.7 Å². The van der Waals surface area contributed by atoms with Gasteiger partial charge in [0.25, 0.3) is 0 Å². The third-order valence-electron chi connectivity index (χ3n) is 4.12. The van der Waals surface area contributed by atoms with Crippen LogP contribution in [0.2, 0.25) is 0 Å². The SMILES string of the molecule is CN(C(C)(C)CC(C)(C)C)C(C)(C)CC(C)(C)CO. The summed E-state index contributed by atoms with van der Waals surface area (Å²) in [5, 5.41) is 9.51. The average molecular weight is 271 g/mol. The van der Waals surface area contributed by atoms with Crippen molar-refractivity contribution in [2.75, 3.05) is 13.7 Å². The van der Waals surface area contributed by atoms with Crippen molar-refractivity contribution in [3.8, 4) is 0 Å². The number of rotatable bonds is 6. The van der Waals surface area contributed by atoms with Crippen LogP contribution in [0.4, 0.5) is 0 Å². The Labute approximate surface area is 121 Å². The van der Waals surface area contributed by atoms with Gasteiger partial charge in [-0.15, -0.1) is 0 Å². The molecule has 19 heavy (non-hydrogen) atoms. The summed E-state index contributed by atoms with van der Waals surface area (Å²) < 4.78 is 0. The van der Waals surface area contributed by atoms with Crippen LogP contribution in [0.3, 0.4) is 0 Å². The minimum Gasteiger partial charge on any atom is -0.396 e. The molecule has 0 unspecified atom stereocenters. The van der Waals surface area contributed by atoms with Crippen LogP contribution in [-0.4, -0.2) is 34.7 Å². The zero-order chi connectivity index (χ0) is 15.7. The molecule has 0 atom stereocenters. The van der Waals surface area contributed by atoms with E-state index in [4.69, 9.17) is 0 Å². The maximum atomic E-state index is 9.51. The summed E-state index contributed by atoms with van der Waals surface area (Å²) in [5.74, 6) is 0. The summed E-state index contributed by atoms with van der Waals surface area (Å²) in [7, 11) is 2.22. The molecular weight excluding hydrogens is 234 g/mol. The third-order valence-corrected chi connectivity index (χ3v) is 4.12. The quantitative estimate of drug-likeness (QED) is 0.777. The maximum Gasteiger partial charge on any atom is 0.0482 e. The Balaban J connectivity index is 5.01. The molecule has 0 aromatic heterocycles. The van der Waals surface area contributed by atoms with Gasteiger partial charge in [-0.2, -0.15) is 0 Å². The highest BCUT2D eigenvalue weighted by Gasteiger charge is 2.39. The lowest BCUT2D eigenvalue weighted by molar-refractivity contribution is -0.0147. The van der Waals surface area contributed by atoms with Gasteiger partial charge in [0.2, 0.25) is 0 Å². The van der Waals surface area contributed by atoms with Crippen LogP contribution in [0.1, 0.15) is 75.2 Å². The van der Waals surface area contributed by atoms with Gasteiger partial charge in [0.1, 0.15) is 0 Å². The van der Waals surface area contributed by atoms with Crippen molar-refractivity contribution in [1.82, 2.24) is 4.90 Å². The van der Waals surface area contributed by atoms with Crippen molar-refractivity contribution in [3.63, 3.8) is 0 Å². The third kappa shape index (κ3) is 6.27. The van der Waals surface area contributed by atoms with Crippen LogP contribution in [0.25, 0.3) is 0 Å². The average Bonchev–Trinajstić information content (AvgIpc) is 2.11. The first-order chi connectivity index (χ1) is 8.13. The molecule has 0 spiro atoms. The van der Waals surface area contributed by atoms with Crippen LogP contribution in [-0.2, 0) is 0 Å². The maximum absolute atomic E-state index is 9.51. The van der Waals surface area contributed by atoms with Crippen molar-refractivity contribution in [2.24, 2.45) is 10.8 Å². The Bertz CT molecular complexity index is 284. The van der Waals surface area contributed by atoms with Gasteiger partial charge in [-0.1, -0.05) is 34.6 Å². The van der Waals surface area contributed by atoms with E-state index >= 15 is 0 Å². The molecule has 0 bridgehead atoms. The van der Waals surface area contributed by atoms with E-state index in [1.807, 2.05) is 0 Å². The molecule has 2 nitrogen and oxygen atoms in total. The van der Waals surface area contributed by atoms with Crippen LogP contribution in [0.5, 0.6) is 0 Å². The lowest BCUT2D eigenvalue weighted by atomic mass is 9.75. The zero-order valence-electron chi connectivity index (χ0n) is 15.0. The Kier molecular flexibility index (Phi) is 5.71. The highest BCUT2D eigenvalue weighted by atomic mass is 16.3. The van der Waals surface area contributed by atoms with Crippen molar-refractivity contribution >= 4 is 0 Å². The molecule has 1 N–H and O–H groups in total. The fourth-order valence-corrected chi connectivity index (χ4v) is 3.58. The predicted molar refractivity (Wildman–Crippen MR) is 85.5 cm³/mol. The monoisotopic (exact) mass is 271 g/mol. The van der Waals surface area contributed by atoms with Gasteiger partial charge in [-0.25, -0.2) is 0 Å². The molecule has 0 rings (SSSR count). The van der Waals surface area contributed by atoms with Gasteiger partial charge >= 0.3 is 0 Å². The first-order valence-electron chi connectivity index (χ1n) is 7.48. The van der Waals surface area contributed by atoms with Crippen LogP contribution < -0.4 is 0 Å². The van der Waals surface area contributed by atoms with Crippen molar-refractivity contribution < 1.29 is 5.11 Å². The van der Waals surface area contributed by atoms with Gasteiger partial charge in [0.15, 0.2) is 0 Å². The second-order valence-electron chi connectivity index (χ2n) is 9.42. The van der Waals surface area contributed by atoms with E-state index in [0.29, 0.717) is 5.41 Å². The molecular formula is C17H37NO. The van der Waals surface area contributed by atoms with Crippen molar-refractivity contribution in [2.45, 2.75) is 86.2 Å². The molecule has 2 heteroatoms. The molecule has 0 aromatic carbocycles. The van der Waals surface area contributed by atoms with Gasteiger partial charge < -0.3 is 5.11 Å². The molecule has 0 aliphatic heterocycles. The molecule has 0 radical (unpaired) electrons. The van der Waals surface area contributed by atoms with E-state index in [-0.39, 0.29) is 23.1 Å². The molecule has 0 amide bonds. The van der Waals surface area contributed by atoms with E-state index in [9.17, 15) is 5.11 Å². The van der Waals surface area contributed by atoms with Crippen molar-refractivity contribution in [1.29, 1.82) is 0 Å². The van der Waals surface area contributed by atoms with Crippen LogP contribution >= 0.6 is 0 Å². The highest BCUT2D eigenvalue weighted by molar-refractivity contribution is 4.95. The molecule has 116 valence electrons. The van der Waals surface area contributed by atoms with Crippen LogP contribution in [0.15, 0.2) is 0 Å². The summed E-state index contributed by atoms with van der Waals surface area (Å²) in [6.07, 6.45) is 2.14. The Morgan fingerprint density at radius 3 is 1.42 bits per heavy atom. The molecule has 0 aliphatic rings. The van der Waals surface area contributed by atoms with E-state index in [2.05, 4.69) is 74.3 Å². The molecule has 0 saturated heterocycles. The molecule has 0 fully saturated rings. The number of aliphatic hydroxyl groups is 1. The van der Waals surface area contributed by atoms with Crippen LogP contribution in [0, 0.1) is 10.8 Å². The first kappa shape index (κ1) is 18.9. The minimum absolute atomic E-state index is 0.0322. The summed E-state index contributed by atoms with van der Waals surface area (Å²) >= 11 is 0. The first-order valence-corrected chi connectivity index (χ1v) is 7.48. The summed E-state index contributed by atoms with van der Waals surface area (Å²) in [6.45, 7) is 20.6. The fraction of sp³-hybridized carbons (Fsp3) is 1.00. The summed E-state index contributed by atoms with van der Waals surface area (Å²) in [6, 6.07) is 0. The van der Waals surface area contributed by atoms with E-state index < -0.39 is 0 Å². The van der Waals surface area contributed by atoms with E-state index in [0.717, 1.165) is 12.8 Å². The number of hydrogen-bond donors (Lipinski definition) is 1. The molecule has 0 aliphatic carbocycles. The zero-order valence-corrected chi connectivity index (χ0v) is 15.0. The van der Waals surface area contributed by atoms with Gasteiger partial charge in [-0.3, -0.25) is 4.90 Å². The lowest BCUT2D eigenvalue weighted by Crippen LogP contribution is -2.56. The minimum atomic E-state index is -0.0322. The molecule has 0 saturated carbocycles. The van der Waals surface area contributed by atoms with E-state index in [1.54, 1.807) is 0 Å². The highest BCUT2D eigenvalue weighted by Crippen LogP contribution is 2.38. The normalized spacial score (nSPS) is 15.2. The van der Waals surface area contributed by atoms with Gasteiger partial charge in [-0.05, 0) is 58.4 Å².